The van der Waals surface area contributed by atoms with Gasteiger partial charge in [0.05, 0.1) is 17.9 Å². The Morgan fingerprint density at radius 2 is 1.76 bits per heavy atom. The van der Waals surface area contributed by atoms with Gasteiger partial charge in [0.2, 0.25) is 0 Å². The van der Waals surface area contributed by atoms with E-state index < -0.39 is 26.7 Å². The number of halogens is 1. The van der Waals surface area contributed by atoms with Gasteiger partial charge >= 0.3 is 0 Å². The van der Waals surface area contributed by atoms with E-state index >= 15 is 0 Å². The van der Waals surface area contributed by atoms with E-state index in [2.05, 4.69) is 15.5 Å². The Hall–Kier alpha value is -3.99. The summed E-state index contributed by atoms with van der Waals surface area (Å²) in [5.74, 6) is -0.333. The molecule has 0 aliphatic rings. The summed E-state index contributed by atoms with van der Waals surface area (Å²) in [6.45, 7) is 3.83. The smallest absolute Gasteiger partial charge is 0.294 e. The molecule has 9 nitrogen and oxygen atoms in total. The number of hydrogen-bond acceptors (Lipinski definition) is 7. The first-order valence-electron chi connectivity index (χ1n) is 11.1. The zero-order chi connectivity index (χ0) is 26.7. The second-order valence-electron chi connectivity index (χ2n) is 7.98. The van der Waals surface area contributed by atoms with Crippen molar-refractivity contribution in [3.05, 3.63) is 82.9 Å². The number of benzene rings is 4. The highest BCUT2D eigenvalue weighted by molar-refractivity contribution is 7.85. The minimum atomic E-state index is -4.55. The lowest BCUT2D eigenvalue weighted by Gasteiger charge is -2.12. The maximum absolute atomic E-state index is 13.1. The number of nitrogens with one attached hydrogen (secondary N) is 1. The first kappa shape index (κ1) is 26.1. The summed E-state index contributed by atoms with van der Waals surface area (Å²) in [7, 11) is -4.55. The van der Waals surface area contributed by atoms with Gasteiger partial charge in [-0.2, -0.15) is 13.5 Å². The fourth-order valence-electron chi connectivity index (χ4n) is 3.66. The molecule has 0 aromatic heterocycles. The zero-order valence-corrected chi connectivity index (χ0v) is 21.3. The molecule has 0 aliphatic carbocycles. The average molecular weight is 540 g/mol. The van der Waals surface area contributed by atoms with Crippen LogP contribution in [0.2, 0.25) is 5.02 Å². The topological polar surface area (TPSA) is 138 Å². The second kappa shape index (κ2) is 10.6. The highest BCUT2D eigenvalue weighted by atomic mass is 35.5. The number of nitrogens with zero attached hydrogens (tertiary/aromatic N) is 2. The van der Waals surface area contributed by atoms with Gasteiger partial charge in [-0.3, -0.25) is 9.35 Å². The van der Waals surface area contributed by atoms with Crippen molar-refractivity contribution in [1.82, 2.24) is 0 Å². The Bertz CT molecular complexity index is 1640. The average Bonchev–Trinajstić information content (AvgIpc) is 2.85. The van der Waals surface area contributed by atoms with Crippen molar-refractivity contribution in [1.29, 1.82) is 0 Å². The third-order valence-corrected chi connectivity index (χ3v) is 6.86. The normalized spacial score (nSPS) is 11.7. The van der Waals surface area contributed by atoms with E-state index in [0.29, 0.717) is 28.8 Å². The number of anilines is 1. The van der Waals surface area contributed by atoms with Gasteiger partial charge in [-0.15, -0.1) is 5.11 Å². The SMILES string of the molecule is CCOc1ccc(NC(=O)c2cc3ccccc3c(N=Nc3cc(Cl)c(C)c(S(=O)(=O)O)c3)c2O)cc1. The number of carbonyl (C=O) groups is 1. The molecule has 190 valence electrons. The van der Waals surface area contributed by atoms with E-state index in [1.165, 1.54) is 19.1 Å². The highest BCUT2D eigenvalue weighted by Gasteiger charge is 2.20. The molecule has 0 unspecified atom stereocenters. The summed E-state index contributed by atoms with van der Waals surface area (Å²) in [5, 5.41) is 23.1. The van der Waals surface area contributed by atoms with Gasteiger partial charge in [0.1, 0.15) is 16.3 Å². The van der Waals surface area contributed by atoms with Crippen LogP contribution in [-0.2, 0) is 10.1 Å². The maximum Gasteiger partial charge on any atom is 0.294 e. The molecule has 1 amide bonds. The maximum atomic E-state index is 13.1. The van der Waals surface area contributed by atoms with Gasteiger partial charge in [0.15, 0.2) is 5.75 Å². The number of phenolic OH excluding ortho intramolecular Hbond substituents is 1. The number of carbonyl (C=O) groups excluding carboxylic acids is 1. The second-order valence-corrected chi connectivity index (χ2v) is 9.78. The fourth-order valence-corrected chi connectivity index (χ4v) is 4.70. The summed E-state index contributed by atoms with van der Waals surface area (Å²) in [6, 6.07) is 17.8. The molecule has 0 saturated carbocycles. The number of rotatable bonds is 7. The zero-order valence-electron chi connectivity index (χ0n) is 19.8. The summed E-state index contributed by atoms with van der Waals surface area (Å²) in [4.78, 5) is 12.7. The molecule has 0 spiro atoms. The van der Waals surface area contributed by atoms with Crippen LogP contribution in [-0.4, -0.2) is 30.6 Å². The Morgan fingerprint density at radius 1 is 1.05 bits per heavy atom. The number of aromatic hydroxyl groups is 1. The van der Waals surface area contributed by atoms with Crippen LogP contribution in [0.3, 0.4) is 0 Å². The van der Waals surface area contributed by atoms with E-state index in [9.17, 15) is 22.9 Å². The number of fused-ring (bicyclic) bond motifs is 1. The van der Waals surface area contributed by atoms with Crippen LogP contribution < -0.4 is 10.1 Å². The highest BCUT2D eigenvalue weighted by Crippen LogP contribution is 2.40. The first-order valence-corrected chi connectivity index (χ1v) is 12.9. The van der Waals surface area contributed by atoms with E-state index in [4.69, 9.17) is 16.3 Å². The van der Waals surface area contributed by atoms with Gasteiger partial charge in [-0.25, -0.2) is 0 Å². The van der Waals surface area contributed by atoms with Crippen molar-refractivity contribution < 1.29 is 27.6 Å². The number of azo groups is 1. The minimum absolute atomic E-state index is 0.0000433. The van der Waals surface area contributed by atoms with Crippen LogP contribution in [0.4, 0.5) is 17.1 Å². The van der Waals surface area contributed by atoms with Gasteiger partial charge in [0, 0.05) is 16.1 Å². The van der Waals surface area contributed by atoms with Gasteiger partial charge in [-0.05, 0) is 67.3 Å². The van der Waals surface area contributed by atoms with Crippen LogP contribution in [0.5, 0.6) is 11.5 Å². The molecule has 0 fully saturated rings. The van der Waals surface area contributed by atoms with Crippen LogP contribution in [0.15, 0.2) is 81.9 Å². The Labute approximate surface area is 218 Å². The van der Waals surface area contributed by atoms with Crippen molar-refractivity contribution in [2.75, 3.05) is 11.9 Å². The predicted molar refractivity (Wildman–Crippen MR) is 141 cm³/mol. The van der Waals surface area contributed by atoms with E-state index in [0.717, 1.165) is 6.07 Å². The van der Waals surface area contributed by atoms with Gasteiger partial charge in [0.25, 0.3) is 16.0 Å². The molecule has 4 aromatic rings. The summed E-state index contributed by atoms with van der Waals surface area (Å²) >= 11 is 6.12. The summed E-state index contributed by atoms with van der Waals surface area (Å²) in [6.07, 6.45) is 0. The van der Waals surface area contributed by atoms with Crippen molar-refractivity contribution in [3.8, 4) is 11.5 Å². The number of ether oxygens (including phenoxy) is 1. The molecular formula is C26H22ClN3O6S. The molecule has 11 heteroatoms. The lowest BCUT2D eigenvalue weighted by molar-refractivity contribution is 0.102. The van der Waals surface area contributed by atoms with Crippen LogP contribution in [0, 0.1) is 6.92 Å². The molecule has 4 rings (SSSR count). The predicted octanol–water partition coefficient (Wildman–Crippen LogP) is 6.82. The van der Waals surface area contributed by atoms with Gasteiger partial charge in [-0.1, -0.05) is 35.9 Å². The molecule has 37 heavy (non-hydrogen) atoms. The van der Waals surface area contributed by atoms with Crippen molar-refractivity contribution >= 4 is 55.5 Å². The molecule has 0 heterocycles. The van der Waals surface area contributed by atoms with Crippen LogP contribution >= 0.6 is 11.6 Å². The molecule has 0 aliphatic heterocycles. The summed E-state index contributed by atoms with van der Waals surface area (Å²) < 4.78 is 38.3. The van der Waals surface area contributed by atoms with Gasteiger partial charge < -0.3 is 15.2 Å². The van der Waals surface area contributed by atoms with Crippen molar-refractivity contribution in [2.24, 2.45) is 10.2 Å². The van der Waals surface area contributed by atoms with E-state index in [1.54, 1.807) is 48.5 Å². The summed E-state index contributed by atoms with van der Waals surface area (Å²) in [5.41, 5.74) is 0.638. The molecule has 0 saturated heterocycles. The monoisotopic (exact) mass is 539 g/mol. The van der Waals surface area contributed by atoms with Crippen LogP contribution in [0.1, 0.15) is 22.8 Å². The van der Waals surface area contributed by atoms with Crippen molar-refractivity contribution in [2.45, 2.75) is 18.7 Å². The standard InChI is InChI=1S/C26H22ClN3O6S/c1-3-36-19-10-8-17(9-11-19)28-26(32)21-12-16-6-4-5-7-20(16)24(25(21)31)30-29-18-13-22(27)15(2)23(14-18)37(33,34)35/h4-14,31H,3H2,1-2H3,(H,28,32)(H,33,34,35). The third-order valence-electron chi connectivity index (χ3n) is 5.49. The fraction of sp³-hybridized carbons (Fsp3) is 0.115. The molecular weight excluding hydrogens is 518 g/mol. The lowest BCUT2D eigenvalue weighted by atomic mass is 10.0. The molecule has 0 bridgehead atoms. The molecule has 0 atom stereocenters. The largest absolute Gasteiger partial charge is 0.505 e. The lowest BCUT2D eigenvalue weighted by Crippen LogP contribution is -2.12. The minimum Gasteiger partial charge on any atom is -0.505 e. The Balaban J connectivity index is 1.75. The quantitative estimate of drug-likeness (QED) is 0.174. The van der Waals surface area contributed by atoms with Crippen molar-refractivity contribution in [3.63, 3.8) is 0 Å². The number of phenols is 1. The van der Waals surface area contributed by atoms with E-state index in [-0.39, 0.29) is 27.5 Å². The molecule has 4 aromatic carbocycles. The Morgan fingerprint density at radius 3 is 2.43 bits per heavy atom. The molecule has 3 N–H and O–H groups in total. The van der Waals surface area contributed by atoms with E-state index in [1.807, 2.05) is 6.92 Å². The third kappa shape index (κ3) is 5.72. The number of amides is 1. The Kier molecular flexibility index (Phi) is 7.44. The van der Waals surface area contributed by atoms with Crippen LogP contribution in [0.25, 0.3) is 10.8 Å². The number of hydrogen-bond donors (Lipinski definition) is 3. The molecule has 0 radical (unpaired) electrons. The first-order chi connectivity index (χ1) is 17.6.